The molecule has 1 aromatic heterocycles. The molecule has 2 heterocycles. The van der Waals surface area contributed by atoms with Crippen molar-refractivity contribution < 1.29 is 19.4 Å². The smallest absolute Gasteiger partial charge is 0.335 e. The lowest BCUT2D eigenvalue weighted by atomic mass is 10.1. The Morgan fingerprint density at radius 3 is 2.37 bits per heavy atom. The molecule has 0 saturated carbocycles. The summed E-state index contributed by atoms with van der Waals surface area (Å²) >= 11 is 6.26. The maximum Gasteiger partial charge on any atom is 0.335 e. The normalized spacial score (nSPS) is 13.8. The third-order valence-electron chi connectivity index (χ3n) is 6.08. The molecule has 1 amide bonds. The van der Waals surface area contributed by atoms with Crippen LogP contribution in [0.5, 0.6) is 0 Å². The molecule has 9 heteroatoms. The maximum absolute atomic E-state index is 13.6. The number of rotatable bonds is 5. The number of carboxylic acid groups (broad SMARTS) is 1. The van der Waals surface area contributed by atoms with Crippen molar-refractivity contribution in [1.82, 2.24) is 14.0 Å². The van der Waals surface area contributed by atoms with Gasteiger partial charge in [-0.25, -0.2) is 9.59 Å². The predicted molar refractivity (Wildman–Crippen MR) is 132 cm³/mol. The Morgan fingerprint density at radius 1 is 0.914 bits per heavy atom. The van der Waals surface area contributed by atoms with Gasteiger partial charge in [0.25, 0.3) is 5.91 Å². The van der Waals surface area contributed by atoms with Gasteiger partial charge >= 0.3 is 11.7 Å². The van der Waals surface area contributed by atoms with Crippen LogP contribution < -0.4 is 5.69 Å². The monoisotopic (exact) mass is 491 g/mol. The van der Waals surface area contributed by atoms with E-state index >= 15 is 0 Å². The van der Waals surface area contributed by atoms with Gasteiger partial charge in [0.2, 0.25) is 0 Å². The molecule has 0 bridgehead atoms. The van der Waals surface area contributed by atoms with Crippen LogP contribution in [0.1, 0.15) is 26.3 Å². The van der Waals surface area contributed by atoms with Crippen LogP contribution >= 0.6 is 11.6 Å². The zero-order valence-electron chi connectivity index (χ0n) is 18.7. The van der Waals surface area contributed by atoms with Crippen LogP contribution in [-0.2, 0) is 11.3 Å². The van der Waals surface area contributed by atoms with Gasteiger partial charge in [-0.2, -0.15) is 0 Å². The largest absolute Gasteiger partial charge is 0.478 e. The van der Waals surface area contributed by atoms with Crippen molar-refractivity contribution >= 4 is 34.5 Å². The van der Waals surface area contributed by atoms with Gasteiger partial charge in [0.05, 0.1) is 42.0 Å². The SMILES string of the molecule is O=C(O)c1cccc(Cn2c(=O)n(-c3ccc(C(=O)N4CCOCC4)cc3)c3cc(Cl)ccc32)c1. The number of hydrogen-bond acceptors (Lipinski definition) is 4. The van der Waals surface area contributed by atoms with E-state index in [1.54, 1.807) is 74.7 Å². The third kappa shape index (κ3) is 4.45. The molecular formula is C26H22ClN3O5. The number of imidazole rings is 1. The van der Waals surface area contributed by atoms with E-state index in [0.717, 1.165) is 0 Å². The first-order valence-corrected chi connectivity index (χ1v) is 11.5. The first kappa shape index (κ1) is 22.9. The molecule has 8 nitrogen and oxygen atoms in total. The van der Waals surface area contributed by atoms with Crippen molar-refractivity contribution in [2.75, 3.05) is 26.3 Å². The lowest BCUT2D eigenvalue weighted by molar-refractivity contribution is 0.0303. The molecule has 1 aliphatic heterocycles. The van der Waals surface area contributed by atoms with Crippen LogP contribution in [0.15, 0.2) is 71.5 Å². The van der Waals surface area contributed by atoms with Crippen molar-refractivity contribution in [3.8, 4) is 5.69 Å². The molecule has 0 radical (unpaired) electrons. The van der Waals surface area contributed by atoms with Crippen molar-refractivity contribution in [1.29, 1.82) is 0 Å². The average Bonchev–Trinajstić information content (AvgIpc) is 3.14. The summed E-state index contributed by atoms with van der Waals surface area (Å²) < 4.78 is 8.44. The molecular weight excluding hydrogens is 470 g/mol. The van der Waals surface area contributed by atoms with E-state index in [-0.39, 0.29) is 23.7 Å². The van der Waals surface area contributed by atoms with Gasteiger partial charge in [0, 0.05) is 23.7 Å². The number of carbonyl (C=O) groups is 2. The van der Waals surface area contributed by atoms with Crippen LogP contribution in [0.25, 0.3) is 16.7 Å². The fraction of sp³-hybridized carbons (Fsp3) is 0.192. The second-order valence-corrected chi connectivity index (χ2v) is 8.73. The Balaban J connectivity index is 1.54. The van der Waals surface area contributed by atoms with Gasteiger partial charge in [-0.15, -0.1) is 0 Å². The van der Waals surface area contributed by atoms with E-state index in [0.29, 0.717) is 59.2 Å². The molecule has 1 saturated heterocycles. The minimum absolute atomic E-state index is 0.0732. The van der Waals surface area contributed by atoms with Crippen LogP contribution in [0.2, 0.25) is 5.02 Å². The van der Waals surface area contributed by atoms with Crippen LogP contribution in [0.3, 0.4) is 0 Å². The van der Waals surface area contributed by atoms with Gasteiger partial charge < -0.3 is 14.7 Å². The molecule has 1 N–H and O–H groups in total. The highest BCUT2D eigenvalue weighted by Crippen LogP contribution is 2.23. The Hall–Kier alpha value is -3.88. The maximum atomic E-state index is 13.6. The zero-order chi connectivity index (χ0) is 24.5. The summed E-state index contributed by atoms with van der Waals surface area (Å²) in [7, 11) is 0. The fourth-order valence-corrected chi connectivity index (χ4v) is 4.49. The van der Waals surface area contributed by atoms with Crippen LogP contribution in [0, 0.1) is 0 Å². The molecule has 5 rings (SSSR count). The third-order valence-corrected chi connectivity index (χ3v) is 6.31. The standard InChI is InChI=1S/C26H22ClN3O5/c27-20-6-9-22-23(15-20)30(26(34)29(22)16-17-2-1-3-19(14-17)25(32)33)21-7-4-18(5-8-21)24(31)28-10-12-35-13-11-28/h1-9,14-15H,10-13,16H2,(H,32,33). The van der Waals surface area contributed by atoms with Crippen LogP contribution in [0.4, 0.5) is 0 Å². The predicted octanol–water partition coefficient (Wildman–Crippen LogP) is 3.66. The number of carboxylic acids is 1. The van der Waals surface area contributed by atoms with Gasteiger partial charge in [-0.1, -0.05) is 23.7 Å². The van der Waals surface area contributed by atoms with E-state index in [4.69, 9.17) is 16.3 Å². The number of halogens is 1. The van der Waals surface area contributed by atoms with E-state index in [9.17, 15) is 19.5 Å². The van der Waals surface area contributed by atoms with E-state index in [1.165, 1.54) is 6.07 Å². The first-order valence-electron chi connectivity index (χ1n) is 11.1. The zero-order valence-corrected chi connectivity index (χ0v) is 19.4. The topological polar surface area (TPSA) is 93.8 Å². The highest BCUT2D eigenvalue weighted by atomic mass is 35.5. The Bertz CT molecular complexity index is 1480. The Kier molecular flexibility index (Phi) is 6.15. The summed E-state index contributed by atoms with van der Waals surface area (Å²) in [5.41, 5.74) is 2.96. The molecule has 0 unspecified atom stereocenters. The van der Waals surface area contributed by atoms with Crippen molar-refractivity contribution in [3.05, 3.63) is 98.9 Å². The van der Waals surface area contributed by atoms with Crippen molar-refractivity contribution in [3.63, 3.8) is 0 Å². The second-order valence-electron chi connectivity index (χ2n) is 8.29. The minimum atomic E-state index is -1.03. The first-order chi connectivity index (χ1) is 16.9. The van der Waals surface area contributed by atoms with Gasteiger partial charge in [0.1, 0.15) is 0 Å². The summed E-state index contributed by atoms with van der Waals surface area (Å²) in [5, 5.41) is 9.79. The lowest BCUT2D eigenvalue weighted by Gasteiger charge is -2.26. The molecule has 178 valence electrons. The van der Waals surface area contributed by atoms with Crippen LogP contribution in [-0.4, -0.2) is 57.3 Å². The van der Waals surface area contributed by atoms with E-state index in [1.807, 2.05) is 0 Å². The number of nitrogens with zero attached hydrogens (tertiary/aromatic N) is 3. The number of benzene rings is 3. The molecule has 0 aliphatic carbocycles. The Morgan fingerprint density at radius 2 is 1.66 bits per heavy atom. The number of amides is 1. The molecule has 0 atom stereocenters. The second kappa shape index (κ2) is 9.40. The number of morpholine rings is 1. The number of hydrogen-bond donors (Lipinski definition) is 1. The number of aromatic nitrogens is 2. The highest BCUT2D eigenvalue weighted by molar-refractivity contribution is 6.31. The van der Waals surface area contributed by atoms with Crippen molar-refractivity contribution in [2.24, 2.45) is 0 Å². The summed E-state index contributed by atoms with van der Waals surface area (Å²) in [6, 6.07) is 18.6. The van der Waals surface area contributed by atoms with Gasteiger partial charge in [-0.05, 0) is 60.2 Å². The highest BCUT2D eigenvalue weighted by Gasteiger charge is 2.20. The molecule has 3 aromatic carbocycles. The fourth-order valence-electron chi connectivity index (χ4n) is 4.32. The van der Waals surface area contributed by atoms with E-state index < -0.39 is 5.97 Å². The summed E-state index contributed by atoms with van der Waals surface area (Å²) in [5.74, 6) is -1.10. The summed E-state index contributed by atoms with van der Waals surface area (Å²) in [4.78, 5) is 39.5. The lowest BCUT2D eigenvalue weighted by Crippen LogP contribution is -2.40. The van der Waals surface area contributed by atoms with Crippen molar-refractivity contribution in [2.45, 2.75) is 6.54 Å². The number of ether oxygens (including phenoxy) is 1. The molecule has 1 fully saturated rings. The van der Waals surface area contributed by atoms with E-state index in [2.05, 4.69) is 0 Å². The number of aromatic carboxylic acids is 1. The molecule has 35 heavy (non-hydrogen) atoms. The average molecular weight is 492 g/mol. The minimum Gasteiger partial charge on any atom is -0.478 e. The molecule has 0 spiro atoms. The number of carbonyl (C=O) groups excluding carboxylic acids is 1. The quantitative estimate of drug-likeness (QED) is 0.460. The van der Waals surface area contributed by atoms with Gasteiger partial charge in [-0.3, -0.25) is 13.9 Å². The number of fused-ring (bicyclic) bond motifs is 1. The van der Waals surface area contributed by atoms with Gasteiger partial charge in [0.15, 0.2) is 0 Å². The summed E-state index contributed by atoms with van der Waals surface area (Å²) in [6.45, 7) is 2.34. The molecule has 1 aliphatic rings. The Labute approximate surface area is 205 Å². The molecule has 4 aromatic rings. The summed E-state index contributed by atoms with van der Waals surface area (Å²) in [6.07, 6.45) is 0.